The van der Waals surface area contributed by atoms with Crippen molar-refractivity contribution in [1.29, 1.82) is 0 Å². The van der Waals surface area contributed by atoms with E-state index in [9.17, 15) is 0 Å². The van der Waals surface area contributed by atoms with Gasteiger partial charge in [0.15, 0.2) is 0 Å². The topological polar surface area (TPSA) is 8.81 Å². The Morgan fingerprint density at radius 1 is 0.742 bits per heavy atom. The van der Waals surface area contributed by atoms with Gasteiger partial charge in [-0.15, -0.1) is 0 Å². The quantitative estimate of drug-likeness (QED) is 0.168. The van der Waals surface area contributed by atoms with Gasteiger partial charge in [0.05, 0.1) is 19.0 Å². The smallest absolute Gasteiger partial charge is 0.234 e. The summed E-state index contributed by atoms with van der Waals surface area (Å²) in [4.78, 5) is 0. The van der Waals surface area contributed by atoms with E-state index in [2.05, 4.69) is 72.6 Å². The number of aryl methyl sites for hydroxylation is 3. The van der Waals surface area contributed by atoms with Crippen LogP contribution in [0.15, 0.2) is 42.7 Å². The van der Waals surface area contributed by atoms with Gasteiger partial charge in [0, 0.05) is 0 Å². The Morgan fingerprint density at radius 2 is 1.32 bits per heavy atom. The normalized spacial score (nSPS) is 11.5. The summed E-state index contributed by atoms with van der Waals surface area (Å²) in [6.45, 7) is 9.26. The molecule has 0 spiro atoms. The summed E-state index contributed by atoms with van der Waals surface area (Å²) in [5.41, 5.74) is 1.45. The molecule has 1 aromatic heterocycles. The van der Waals surface area contributed by atoms with Crippen molar-refractivity contribution >= 4 is 0 Å². The van der Waals surface area contributed by atoms with Crippen molar-refractivity contribution < 1.29 is 4.57 Å². The van der Waals surface area contributed by atoms with Crippen molar-refractivity contribution in [2.75, 3.05) is 0 Å². The van der Waals surface area contributed by atoms with Gasteiger partial charge in [-0.25, -0.2) is 9.13 Å². The first-order valence-electron chi connectivity index (χ1n) is 13.3. The second-order valence-electron chi connectivity index (χ2n) is 9.68. The van der Waals surface area contributed by atoms with E-state index in [1.54, 1.807) is 0 Å². The van der Waals surface area contributed by atoms with Gasteiger partial charge in [0.2, 0.25) is 0 Å². The zero-order valence-corrected chi connectivity index (χ0v) is 20.8. The van der Waals surface area contributed by atoms with E-state index in [0.29, 0.717) is 5.92 Å². The number of nitrogens with zero attached hydrogens (tertiary/aromatic N) is 2. The van der Waals surface area contributed by atoms with Crippen molar-refractivity contribution in [3.05, 3.63) is 54.1 Å². The van der Waals surface area contributed by atoms with Gasteiger partial charge in [-0.2, -0.15) is 0 Å². The minimum absolute atomic E-state index is 0.573. The summed E-state index contributed by atoms with van der Waals surface area (Å²) in [6.07, 6.45) is 24.0. The molecule has 174 valence electrons. The third kappa shape index (κ3) is 10.5. The van der Waals surface area contributed by atoms with Gasteiger partial charge in [0.1, 0.15) is 12.4 Å². The summed E-state index contributed by atoms with van der Waals surface area (Å²) in [5.74, 6) is 2.07. The summed E-state index contributed by atoms with van der Waals surface area (Å²) in [7, 11) is 0. The maximum Gasteiger partial charge on any atom is 0.258 e. The van der Waals surface area contributed by atoms with E-state index >= 15 is 0 Å². The Labute approximate surface area is 193 Å². The minimum atomic E-state index is 0.573. The Hall–Kier alpha value is -1.57. The van der Waals surface area contributed by atoms with Crippen LogP contribution in [-0.4, -0.2) is 4.57 Å². The Morgan fingerprint density at radius 3 is 1.90 bits per heavy atom. The number of aromatic nitrogens is 2. The fourth-order valence-electron chi connectivity index (χ4n) is 4.74. The molecule has 0 radical (unpaired) electrons. The predicted octanol–water partition coefficient (Wildman–Crippen LogP) is 8.23. The van der Waals surface area contributed by atoms with Crippen LogP contribution < -0.4 is 4.57 Å². The zero-order chi connectivity index (χ0) is 22.2. The Balaban J connectivity index is 1.60. The van der Waals surface area contributed by atoms with Gasteiger partial charge in [-0.3, -0.25) is 0 Å². The van der Waals surface area contributed by atoms with Gasteiger partial charge < -0.3 is 0 Å². The lowest BCUT2D eigenvalue weighted by Gasteiger charge is -2.08. The van der Waals surface area contributed by atoms with Crippen LogP contribution in [0.2, 0.25) is 0 Å². The highest BCUT2D eigenvalue weighted by Crippen LogP contribution is 2.15. The SMILES string of the molecule is CCCCCCCCCCCCCCn1cc[n+](CCCc2ccccc2)c1C(C)C. The second-order valence-corrected chi connectivity index (χ2v) is 9.68. The van der Waals surface area contributed by atoms with Crippen LogP contribution in [-0.2, 0) is 19.5 Å². The number of imidazole rings is 1. The molecule has 0 aliphatic carbocycles. The first-order valence-corrected chi connectivity index (χ1v) is 13.3. The number of hydrogen-bond acceptors (Lipinski definition) is 0. The van der Waals surface area contributed by atoms with E-state index < -0.39 is 0 Å². The van der Waals surface area contributed by atoms with Crippen molar-refractivity contribution in [1.82, 2.24) is 4.57 Å². The molecule has 0 saturated heterocycles. The molecule has 0 atom stereocenters. The standard InChI is InChI=1S/C29H49N2/c1-4-5-6-7-8-9-10-11-12-13-14-18-23-30-25-26-31(29(30)27(2)3)24-19-22-28-20-16-15-17-21-28/h15-17,20-21,25-27H,4-14,18-19,22-24H2,1-3H3/q+1. The summed E-state index contributed by atoms with van der Waals surface area (Å²) in [5, 5.41) is 0. The van der Waals surface area contributed by atoms with Gasteiger partial charge in [-0.05, 0) is 31.2 Å². The Bertz CT molecular complexity index is 671. The lowest BCUT2D eigenvalue weighted by molar-refractivity contribution is -0.705. The van der Waals surface area contributed by atoms with Crippen LogP contribution in [0.4, 0.5) is 0 Å². The molecule has 0 aliphatic rings. The monoisotopic (exact) mass is 425 g/mol. The molecule has 2 nitrogen and oxygen atoms in total. The maximum absolute atomic E-state index is 2.52. The summed E-state index contributed by atoms with van der Waals surface area (Å²) in [6, 6.07) is 10.9. The Kier molecular flexibility index (Phi) is 13.4. The third-order valence-electron chi connectivity index (χ3n) is 6.49. The fraction of sp³-hybridized carbons (Fsp3) is 0.690. The largest absolute Gasteiger partial charge is 0.258 e. The lowest BCUT2D eigenvalue weighted by Crippen LogP contribution is -2.38. The van der Waals surface area contributed by atoms with Crippen LogP contribution in [0, 0.1) is 0 Å². The molecule has 31 heavy (non-hydrogen) atoms. The molecule has 0 amide bonds. The maximum atomic E-state index is 2.52. The molecule has 2 heteroatoms. The zero-order valence-electron chi connectivity index (χ0n) is 20.8. The number of hydrogen-bond donors (Lipinski definition) is 0. The molecule has 1 aromatic carbocycles. The first kappa shape index (κ1) is 25.7. The number of rotatable bonds is 18. The summed E-state index contributed by atoms with van der Waals surface area (Å²) >= 11 is 0. The molecule has 1 heterocycles. The fourth-order valence-corrected chi connectivity index (χ4v) is 4.74. The van der Waals surface area contributed by atoms with E-state index in [-0.39, 0.29) is 0 Å². The predicted molar refractivity (Wildman–Crippen MR) is 135 cm³/mol. The van der Waals surface area contributed by atoms with Crippen LogP contribution in [0.3, 0.4) is 0 Å². The molecule has 0 saturated carbocycles. The highest BCUT2D eigenvalue weighted by molar-refractivity contribution is 5.14. The second kappa shape index (κ2) is 16.1. The van der Waals surface area contributed by atoms with E-state index in [4.69, 9.17) is 0 Å². The van der Waals surface area contributed by atoms with Crippen LogP contribution in [0.1, 0.15) is 122 Å². The van der Waals surface area contributed by atoms with Gasteiger partial charge in [-0.1, -0.05) is 115 Å². The number of unbranched alkanes of at least 4 members (excludes halogenated alkanes) is 11. The third-order valence-corrected chi connectivity index (χ3v) is 6.49. The lowest BCUT2D eigenvalue weighted by atomic mass is 10.1. The van der Waals surface area contributed by atoms with Gasteiger partial charge in [0.25, 0.3) is 5.82 Å². The molecule has 0 unspecified atom stereocenters. The number of benzene rings is 1. The van der Waals surface area contributed by atoms with E-state index in [0.717, 1.165) is 13.0 Å². The average molecular weight is 426 g/mol. The van der Waals surface area contributed by atoms with E-state index in [1.165, 1.54) is 101 Å². The highest BCUT2D eigenvalue weighted by atomic mass is 15.1. The molecular weight excluding hydrogens is 376 g/mol. The molecule has 2 rings (SSSR count). The minimum Gasteiger partial charge on any atom is -0.234 e. The molecular formula is C29H49N2+. The van der Waals surface area contributed by atoms with Crippen LogP contribution in [0.25, 0.3) is 0 Å². The average Bonchev–Trinajstić information content (AvgIpc) is 3.18. The van der Waals surface area contributed by atoms with Crippen molar-refractivity contribution in [3.8, 4) is 0 Å². The first-order chi connectivity index (χ1) is 15.2. The van der Waals surface area contributed by atoms with Crippen LogP contribution in [0.5, 0.6) is 0 Å². The van der Waals surface area contributed by atoms with Crippen molar-refractivity contribution in [2.24, 2.45) is 0 Å². The highest BCUT2D eigenvalue weighted by Gasteiger charge is 2.20. The van der Waals surface area contributed by atoms with Crippen LogP contribution >= 0.6 is 0 Å². The van der Waals surface area contributed by atoms with E-state index in [1.807, 2.05) is 0 Å². The molecule has 2 aromatic rings. The van der Waals surface area contributed by atoms with Crippen molar-refractivity contribution in [3.63, 3.8) is 0 Å². The van der Waals surface area contributed by atoms with Gasteiger partial charge >= 0.3 is 0 Å². The molecule has 0 aliphatic heterocycles. The molecule has 0 bridgehead atoms. The molecule has 0 fully saturated rings. The van der Waals surface area contributed by atoms with Crippen molar-refractivity contribution in [2.45, 2.75) is 130 Å². The summed E-state index contributed by atoms with van der Waals surface area (Å²) < 4.78 is 5.01. The molecule has 0 N–H and O–H groups in total.